The van der Waals surface area contributed by atoms with Crippen LogP contribution >= 0.6 is 0 Å². The Hall–Kier alpha value is -0.810. The minimum atomic E-state index is -0.910. The van der Waals surface area contributed by atoms with Gasteiger partial charge in [0.05, 0.1) is 12.2 Å². The van der Waals surface area contributed by atoms with Crippen LogP contribution in [0, 0.1) is 10.8 Å². The molecule has 24 heavy (non-hydrogen) atoms. The van der Waals surface area contributed by atoms with Gasteiger partial charge in [0.15, 0.2) is 0 Å². The molecule has 2 fully saturated rings. The van der Waals surface area contributed by atoms with Crippen LogP contribution < -0.4 is 0 Å². The average Bonchev–Trinajstić information content (AvgIpc) is 2.84. The van der Waals surface area contributed by atoms with Crippen LogP contribution in [0.1, 0.15) is 73.1 Å². The van der Waals surface area contributed by atoms with Crippen LogP contribution in [0.2, 0.25) is 0 Å². The van der Waals surface area contributed by atoms with Gasteiger partial charge in [-0.1, -0.05) is 20.3 Å². The average molecular weight is 341 g/mol. The summed E-state index contributed by atoms with van der Waals surface area (Å²) in [6.07, 6.45) is 4.64. The van der Waals surface area contributed by atoms with Crippen molar-refractivity contribution in [3.05, 3.63) is 0 Å². The Balaban J connectivity index is 2.14. The van der Waals surface area contributed by atoms with E-state index in [-0.39, 0.29) is 18.1 Å². The molecule has 2 atom stereocenters. The van der Waals surface area contributed by atoms with Gasteiger partial charge < -0.3 is 19.8 Å². The van der Waals surface area contributed by atoms with Crippen LogP contribution in [-0.2, 0) is 4.74 Å². The summed E-state index contributed by atoms with van der Waals surface area (Å²) in [5, 5.41) is 21.6. The second-order valence-corrected chi connectivity index (χ2v) is 9.64. The number of carbonyl (C=O) groups excluding carboxylic acids is 1. The predicted molar refractivity (Wildman–Crippen MR) is 93.8 cm³/mol. The fraction of sp³-hybridized carbons (Fsp3) is 0.947. The lowest BCUT2D eigenvalue weighted by Crippen LogP contribution is -2.52. The molecule has 0 radical (unpaired) electrons. The number of aliphatic hydroxyl groups is 2. The quantitative estimate of drug-likeness (QED) is 0.756. The molecule has 1 amide bonds. The molecule has 2 rings (SSSR count). The molecule has 1 saturated heterocycles. The number of ether oxygens (including phenoxy) is 1. The van der Waals surface area contributed by atoms with Crippen LogP contribution in [0.4, 0.5) is 4.79 Å². The molecule has 0 aromatic heterocycles. The molecule has 5 heteroatoms. The van der Waals surface area contributed by atoms with Crippen molar-refractivity contribution >= 4 is 6.09 Å². The van der Waals surface area contributed by atoms with E-state index >= 15 is 0 Å². The monoisotopic (exact) mass is 341 g/mol. The van der Waals surface area contributed by atoms with Crippen molar-refractivity contribution in [1.29, 1.82) is 0 Å². The molecule has 0 spiro atoms. The first-order valence-corrected chi connectivity index (χ1v) is 9.23. The van der Waals surface area contributed by atoms with E-state index < -0.39 is 16.6 Å². The molecule has 2 aliphatic rings. The van der Waals surface area contributed by atoms with E-state index in [1.165, 1.54) is 0 Å². The van der Waals surface area contributed by atoms with E-state index in [0.29, 0.717) is 32.4 Å². The number of likely N-dealkylation sites (tertiary alicyclic amines) is 1. The number of carbonyl (C=O) groups is 1. The van der Waals surface area contributed by atoms with Crippen LogP contribution in [-0.4, -0.2) is 52.1 Å². The van der Waals surface area contributed by atoms with Crippen molar-refractivity contribution in [3.8, 4) is 0 Å². The summed E-state index contributed by atoms with van der Waals surface area (Å²) >= 11 is 0. The van der Waals surface area contributed by atoms with Crippen LogP contribution in [0.25, 0.3) is 0 Å². The molecule has 1 aliphatic heterocycles. The van der Waals surface area contributed by atoms with E-state index in [4.69, 9.17) is 4.74 Å². The third-order valence-electron chi connectivity index (χ3n) is 5.95. The van der Waals surface area contributed by atoms with Crippen LogP contribution in [0.15, 0.2) is 0 Å². The zero-order valence-corrected chi connectivity index (χ0v) is 16.0. The van der Waals surface area contributed by atoms with Gasteiger partial charge in [-0.05, 0) is 58.3 Å². The van der Waals surface area contributed by atoms with Crippen molar-refractivity contribution in [3.63, 3.8) is 0 Å². The van der Waals surface area contributed by atoms with Gasteiger partial charge >= 0.3 is 6.09 Å². The maximum absolute atomic E-state index is 12.4. The third-order valence-corrected chi connectivity index (χ3v) is 5.95. The van der Waals surface area contributed by atoms with Crippen LogP contribution in [0.3, 0.4) is 0 Å². The van der Waals surface area contributed by atoms with Gasteiger partial charge in [0, 0.05) is 18.5 Å². The van der Waals surface area contributed by atoms with E-state index in [1.807, 2.05) is 20.8 Å². The largest absolute Gasteiger partial charge is 0.444 e. The Morgan fingerprint density at radius 3 is 2.38 bits per heavy atom. The van der Waals surface area contributed by atoms with Crippen molar-refractivity contribution in [2.75, 3.05) is 19.7 Å². The summed E-state index contributed by atoms with van der Waals surface area (Å²) in [4.78, 5) is 14.0. The zero-order valence-electron chi connectivity index (χ0n) is 16.0. The molecule has 140 valence electrons. The lowest BCUT2D eigenvalue weighted by molar-refractivity contribution is -0.114. The standard InChI is InChI=1S/C19H35NO4/c1-16(2,3)24-15(22)20-12-11-18(13-20,14-21)19(23)8-6-7-17(4,5)9-10-19/h21,23H,6-14H2,1-5H3. The smallest absolute Gasteiger partial charge is 0.410 e. The van der Waals surface area contributed by atoms with E-state index in [1.54, 1.807) is 4.90 Å². The first-order valence-electron chi connectivity index (χ1n) is 9.23. The highest BCUT2D eigenvalue weighted by atomic mass is 16.6. The summed E-state index contributed by atoms with van der Waals surface area (Å²) < 4.78 is 5.46. The lowest BCUT2D eigenvalue weighted by Gasteiger charge is -2.44. The summed E-state index contributed by atoms with van der Waals surface area (Å²) in [6, 6.07) is 0. The van der Waals surface area contributed by atoms with Gasteiger partial charge in [-0.3, -0.25) is 0 Å². The molecule has 1 heterocycles. The molecule has 0 aromatic rings. The predicted octanol–water partition coefficient (Wildman–Crippen LogP) is 3.33. The maximum atomic E-state index is 12.4. The Labute approximate surface area is 146 Å². The molecular weight excluding hydrogens is 306 g/mol. The summed E-state index contributed by atoms with van der Waals surface area (Å²) in [7, 11) is 0. The number of aliphatic hydroxyl groups excluding tert-OH is 1. The second kappa shape index (κ2) is 6.49. The highest BCUT2D eigenvalue weighted by Gasteiger charge is 2.55. The van der Waals surface area contributed by atoms with Crippen LogP contribution in [0.5, 0.6) is 0 Å². The molecule has 1 saturated carbocycles. The molecular formula is C19H35NO4. The molecule has 1 aliphatic carbocycles. The first-order chi connectivity index (χ1) is 10.9. The van der Waals surface area contributed by atoms with Gasteiger partial charge in [0.25, 0.3) is 0 Å². The fourth-order valence-corrected chi connectivity index (χ4v) is 4.20. The number of hydrogen-bond acceptors (Lipinski definition) is 4. The molecule has 2 N–H and O–H groups in total. The highest BCUT2D eigenvalue weighted by Crippen LogP contribution is 2.50. The molecule has 0 bridgehead atoms. The van der Waals surface area contributed by atoms with Crippen molar-refractivity contribution in [2.45, 2.75) is 84.3 Å². The minimum absolute atomic E-state index is 0.0940. The number of rotatable bonds is 2. The van der Waals surface area contributed by atoms with Gasteiger partial charge in [-0.15, -0.1) is 0 Å². The van der Waals surface area contributed by atoms with Gasteiger partial charge in [0.1, 0.15) is 5.60 Å². The summed E-state index contributed by atoms with van der Waals surface area (Å²) in [6.45, 7) is 10.8. The highest BCUT2D eigenvalue weighted by molar-refractivity contribution is 5.68. The van der Waals surface area contributed by atoms with E-state index in [9.17, 15) is 15.0 Å². The third kappa shape index (κ3) is 4.05. The maximum Gasteiger partial charge on any atom is 0.410 e. The van der Waals surface area contributed by atoms with Gasteiger partial charge in [-0.25, -0.2) is 4.79 Å². The zero-order chi connectivity index (χ0) is 18.2. The van der Waals surface area contributed by atoms with Crippen molar-refractivity contribution in [1.82, 2.24) is 4.90 Å². The van der Waals surface area contributed by atoms with Gasteiger partial charge in [0.2, 0.25) is 0 Å². The summed E-state index contributed by atoms with van der Waals surface area (Å²) in [5.74, 6) is 0. The number of amides is 1. The number of hydrogen-bond donors (Lipinski definition) is 2. The van der Waals surface area contributed by atoms with Gasteiger partial charge in [-0.2, -0.15) is 0 Å². The Kier molecular flexibility index (Phi) is 5.27. The lowest BCUT2D eigenvalue weighted by atomic mass is 9.67. The Morgan fingerprint density at radius 1 is 1.12 bits per heavy atom. The topological polar surface area (TPSA) is 70.0 Å². The van der Waals surface area contributed by atoms with Crippen molar-refractivity contribution in [2.24, 2.45) is 10.8 Å². The minimum Gasteiger partial charge on any atom is -0.444 e. The van der Waals surface area contributed by atoms with E-state index in [0.717, 1.165) is 19.3 Å². The Bertz CT molecular complexity index is 470. The normalized spacial score (nSPS) is 34.0. The molecule has 5 nitrogen and oxygen atoms in total. The number of nitrogens with zero attached hydrogens (tertiary/aromatic N) is 1. The summed E-state index contributed by atoms with van der Waals surface area (Å²) in [5.41, 5.74) is -1.86. The second-order valence-electron chi connectivity index (χ2n) is 9.64. The van der Waals surface area contributed by atoms with E-state index in [2.05, 4.69) is 13.8 Å². The SMILES string of the molecule is CC1(C)CCCC(O)(C2(CO)CCN(C(=O)OC(C)(C)C)C2)CC1. The molecule has 0 aromatic carbocycles. The van der Waals surface area contributed by atoms with Crippen molar-refractivity contribution < 1.29 is 19.7 Å². The fourth-order valence-electron chi connectivity index (χ4n) is 4.20. The first kappa shape index (κ1) is 19.5. The Morgan fingerprint density at radius 2 is 1.79 bits per heavy atom. The molecule has 2 unspecified atom stereocenters.